The first kappa shape index (κ1) is 13.4. The van der Waals surface area contributed by atoms with Crippen molar-refractivity contribution in [1.82, 2.24) is 9.97 Å². The number of aromatic nitrogens is 2. The molecule has 1 saturated heterocycles. The van der Waals surface area contributed by atoms with E-state index < -0.39 is 12.1 Å². The SMILES string of the molecule is Nc1ncc(Br)c(N2CCCC(C(F)(F)F)C2)n1. The second kappa shape index (κ2) is 4.91. The number of hydrogen-bond donors (Lipinski definition) is 1. The molecule has 18 heavy (non-hydrogen) atoms. The van der Waals surface area contributed by atoms with Gasteiger partial charge in [0, 0.05) is 19.3 Å². The van der Waals surface area contributed by atoms with E-state index in [1.165, 1.54) is 6.20 Å². The number of halogens is 4. The van der Waals surface area contributed by atoms with Gasteiger partial charge in [-0.05, 0) is 28.8 Å². The lowest BCUT2D eigenvalue weighted by Crippen LogP contribution is -2.42. The molecule has 1 unspecified atom stereocenters. The molecule has 100 valence electrons. The molecule has 4 nitrogen and oxygen atoms in total. The van der Waals surface area contributed by atoms with Crippen molar-refractivity contribution in [1.29, 1.82) is 0 Å². The molecular formula is C10H12BrF3N4. The van der Waals surface area contributed by atoms with Crippen LogP contribution in [0.1, 0.15) is 12.8 Å². The third kappa shape index (κ3) is 2.85. The third-order valence-corrected chi connectivity index (χ3v) is 3.49. The summed E-state index contributed by atoms with van der Waals surface area (Å²) < 4.78 is 38.7. The van der Waals surface area contributed by atoms with Gasteiger partial charge in [-0.15, -0.1) is 0 Å². The molecule has 0 aromatic carbocycles. The molecule has 0 radical (unpaired) electrons. The van der Waals surface area contributed by atoms with Crippen molar-refractivity contribution in [2.24, 2.45) is 5.92 Å². The minimum Gasteiger partial charge on any atom is -0.368 e. The van der Waals surface area contributed by atoms with Crippen LogP contribution in [0.25, 0.3) is 0 Å². The minimum absolute atomic E-state index is 0.0577. The highest BCUT2D eigenvalue weighted by molar-refractivity contribution is 9.10. The second-order valence-corrected chi connectivity index (χ2v) is 5.08. The molecule has 8 heteroatoms. The number of alkyl halides is 3. The summed E-state index contributed by atoms with van der Waals surface area (Å²) in [6, 6.07) is 0. The average Bonchev–Trinajstić information content (AvgIpc) is 2.31. The van der Waals surface area contributed by atoms with Gasteiger partial charge in [-0.3, -0.25) is 0 Å². The Bertz CT molecular complexity index is 438. The number of hydrogen-bond acceptors (Lipinski definition) is 4. The molecular weight excluding hydrogens is 313 g/mol. The molecule has 1 aromatic rings. The Labute approximate surface area is 111 Å². The van der Waals surface area contributed by atoms with Crippen LogP contribution in [-0.4, -0.2) is 29.2 Å². The Morgan fingerprint density at radius 3 is 2.83 bits per heavy atom. The van der Waals surface area contributed by atoms with Gasteiger partial charge in [-0.1, -0.05) is 0 Å². The van der Waals surface area contributed by atoms with Crippen LogP contribution >= 0.6 is 15.9 Å². The van der Waals surface area contributed by atoms with Gasteiger partial charge in [-0.25, -0.2) is 4.98 Å². The van der Waals surface area contributed by atoms with Gasteiger partial charge in [0.25, 0.3) is 0 Å². The lowest BCUT2D eigenvalue weighted by molar-refractivity contribution is -0.176. The fraction of sp³-hybridized carbons (Fsp3) is 0.600. The predicted octanol–water partition coefficient (Wildman–Crippen LogP) is 2.60. The van der Waals surface area contributed by atoms with E-state index in [0.29, 0.717) is 23.3 Å². The molecule has 0 aliphatic carbocycles. The van der Waals surface area contributed by atoms with Gasteiger partial charge >= 0.3 is 6.18 Å². The number of piperidine rings is 1. The highest BCUT2D eigenvalue weighted by atomic mass is 79.9. The minimum atomic E-state index is -4.16. The van der Waals surface area contributed by atoms with Crippen LogP contribution in [-0.2, 0) is 0 Å². The van der Waals surface area contributed by atoms with Crippen LogP contribution in [0.5, 0.6) is 0 Å². The van der Waals surface area contributed by atoms with E-state index in [9.17, 15) is 13.2 Å². The zero-order chi connectivity index (χ0) is 13.3. The molecule has 1 atom stereocenters. The molecule has 1 aromatic heterocycles. The number of anilines is 2. The fourth-order valence-corrected chi connectivity index (χ4v) is 2.47. The quantitative estimate of drug-likeness (QED) is 0.862. The van der Waals surface area contributed by atoms with Crippen molar-refractivity contribution in [2.75, 3.05) is 23.7 Å². The third-order valence-electron chi connectivity index (χ3n) is 2.93. The summed E-state index contributed by atoms with van der Waals surface area (Å²) >= 11 is 3.23. The lowest BCUT2D eigenvalue weighted by Gasteiger charge is -2.34. The van der Waals surface area contributed by atoms with Crippen LogP contribution in [0.2, 0.25) is 0 Å². The molecule has 1 aliphatic rings. The lowest BCUT2D eigenvalue weighted by atomic mass is 9.97. The molecule has 2 rings (SSSR count). The van der Waals surface area contributed by atoms with Crippen molar-refractivity contribution in [3.8, 4) is 0 Å². The van der Waals surface area contributed by atoms with E-state index in [1.807, 2.05) is 0 Å². The average molecular weight is 325 g/mol. The Hall–Kier alpha value is -1.05. The Morgan fingerprint density at radius 2 is 2.17 bits per heavy atom. The van der Waals surface area contributed by atoms with Gasteiger partial charge in [0.2, 0.25) is 5.95 Å². The monoisotopic (exact) mass is 324 g/mol. The summed E-state index contributed by atoms with van der Waals surface area (Å²) in [6.07, 6.45) is -2.06. The fourth-order valence-electron chi connectivity index (χ4n) is 2.03. The second-order valence-electron chi connectivity index (χ2n) is 4.23. The van der Waals surface area contributed by atoms with Crippen LogP contribution in [0.4, 0.5) is 24.9 Å². The van der Waals surface area contributed by atoms with E-state index in [1.54, 1.807) is 4.90 Å². The first-order valence-corrected chi connectivity index (χ1v) is 6.27. The maximum Gasteiger partial charge on any atom is 0.393 e. The summed E-state index contributed by atoms with van der Waals surface area (Å²) in [5, 5.41) is 0. The van der Waals surface area contributed by atoms with Crippen molar-refractivity contribution in [3.05, 3.63) is 10.7 Å². The number of nitrogens with zero attached hydrogens (tertiary/aromatic N) is 3. The summed E-state index contributed by atoms with van der Waals surface area (Å²) in [6.45, 7) is 0.459. The summed E-state index contributed by atoms with van der Waals surface area (Å²) in [5.41, 5.74) is 5.46. The topological polar surface area (TPSA) is 55.0 Å². The van der Waals surface area contributed by atoms with Gasteiger partial charge in [0.1, 0.15) is 5.82 Å². The van der Waals surface area contributed by atoms with Gasteiger partial charge in [0.05, 0.1) is 10.4 Å². The molecule has 0 bridgehead atoms. The van der Waals surface area contributed by atoms with E-state index in [4.69, 9.17) is 5.73 Å². The number of nitrogens with two attached hydrogens (primary N) is 1. The molecule has 0 amide bonds. The molecule has 0 spiro atoms. The largest absolute Gasteiger partial charge is 0.393 e. The predicted molar refractivity (Wildman–Crippen MR) is 65.1 cm³/mol. The van der Waals surface area contributed by atoms with Gasteiger partial charge in [-0.2, -0.15) is 18.2 Å². The zero-order valence-corrected chi connectivity index (χ0v) is 11.0. The van der Waals surface area contributed by atoms with Crippen LogP contribution < -0.4 is 10.6 Å². The number of rotatable bonds is 1. The van der Waals surface area contributed by atoms with Crippen LogP contribution in [0.15, 0.2) is 10.7 Å². The van der Waals surface area contributed by atoms with Crippen molar-refractivity contribution in [2.45, 2.75) is 19.0 Å². The first-order chi connectivity index (χ1) is 8.38. The molecule has 1 fully saturated rings. The van der Waals surface area contributed by atoms with Crippen molar-refractivity contribution >= 4 is 27.7 Å². The van der Waals surface area contributed by atoms with Gasteiger partial charge < -0.3 is 10.6 Å². The van der Waals surface area contributed by atoms with E-state index in [0.717, 1.165) is 0 Å². The summed E-state index contributed by atoms with van der Waals surface area (Å²) in [5.74, 6) is -0.826. The van der Waals surface area contributed by atoms with E-state index in [-0.39, 0.29) is 18.9 Å². The van der Waals surface area contributed by atoms with Gasteiger partial charge in [0.15, 0.2) is 0 Å². The van der Waals surface area contributed by atoms with E-state index >= 15 is 0 Å². The van der Waals surface area contributed by atoms with Crippen LogP contribution in [0, 0.1) is 5.92 Å². The Kier molecular flexibility index (Phi) is 3.65. The van der Waals surface area contributed by atoms with Crippen molar-refractivity contribution < 1.29 is 13.2 Å². The highest BCUT2D eigenvalue weighted by Crippen LogP contribution is 2.35. The molecule has 2 N–H and O–H groups in total. The van der Waals surface area contributed by atoms with E-state index in [2.05, 4.69) is 25.9 Å². The van der Waals surface area contributed by atoms with Crippen LogP contribution in [0.3, 0.4) is 0 Å². The standard InChI is InChI=1S/C10H12BrF3N4/c11-7-4-16-9(15)17-8(7)18-3-1-2-6(5-18)10(12,13)14/h4,6H,1-3,5H2,(H2,15,16,17). The number of nitrogen functional groups attached to an aromatic ring is 1. The summed E-state index contributed by atoms with van der Waals surface area (Å²) in [4.78, 5) is 9.37. The highest BCUT2D eigenvalue weighted by Gasteiger charge is 2.42. The summed E-state index contributed by atoms with van der Waals surface area (Å²) in [7, 11) is 0. The van der Waals surface area contributed by atoms with Crippen molar-refractivity contribution in [3.63, 3.8) is 0 Å². The maximum absolute atomic E-state index is 12.7. The zero-order valence-electron chi connectivity index (χ0n) is 9.41. The Morgan fingerprint density at radius 1 is 1.44 bits per heavy atom. The smallest absolute Gasteiger partial charge is 0.368 e. The maximum atomic E-state index is 12.7. The molecule has 0 saturated carbocycles. The molecule has 1 aliphatic heterocycles. The molecule has 2 heterocycles. The first-order valence-electron chi connectivity index (χ1n) is 5.47. The Balaban J connectivity index is 2.21. The normalized spacial score (nSPS) is 21.1.